The Morgan fingerprint density at radius 2 is 1.96 bits per heavy atom. The van der Waals surface area contributed by atoms with Gasteiger partial charge < -0.3 is 9.32 Å². The molecule has 0 bridgehead atoms. The van der Waals surface area contributed by atoms with Gasteiger partial charge in [-0.25, -0.2) is 4.98 Å². The number of nitrogens with zero attached hydrogens (tertiary/aromatic N) is 4. The number of fused-ring (bicyclic) bond motifs is 1. The highest BCUT2D eigenvalue weighted by Gasteiger charge is 2.38. The summed E-state index contributed by atoms with van der Waals surface area (Å²) in [5.41, 5.74) is 0.415. The molecule has 9 heteroatoms. The molecule has 0 spiro atoms. The van der Waals surface area contributed by atoms with Crippen molar-refractivity contribution >= 4 is 5.91 Å². The number of carbonyl (C=O) groups excluding carboxylic acids is 1. The van der Waals surface area contributed by atoms with Gasteiger partial charge in [-0.2, -0.15) is 18.3 Å². The van der Waals surface area contributed by atoms with E-state index in [0.29, 0.717) is 41.3 Å². The minimum Gasteiger partial charge on any atom is -0.444 e. The maximum Gasteiger partial charge on any atom is 0.435 e. The molecular formula is C19H17F3N4O2. The Bertz CT molecular complexity index is 1050. The lowest BCUT2D eigenvalue weighted by atomic mass is 9.90. The molecule has 0 fully saturated rings. The Balaban J connectivity index is 1.72. The van der Waals surface area contributed by atoms with Crippen LogP contribution < -0.4 is 0 Å². The number of rotatable bonds is 3. The molecule has 0 unspecified atom stereocenters. The summed E-state index contributed by atoms with van der Waals surface area (Å²) in [4.78, 5) is 18.6. The van der Waals surface area contributed by atoms with E-state index in [0.717, 1.165) is 4.68 Å². The molecule has 1 amide bonds. The van der Waals surface area contributed by atoms with Crippen LogP contribution >= 0.6 is 0 Å². The average molecular weight is 390 g/mol. The summed E-state index contributed by atoms with van der Waals surface area (Å²) >= 11 is 0. The normalized spacial score (nSPS) is 14.5. The molecule has 2 aromatic heterocycles. The van der Waals surface area contributed by atoms with Crippen LogP contribution in [0.1, 0.15) is 33.3 Å². The van der Waals surface area contributed by atoms with Gasteiger partial charge in [0.05, 0.1) is 12.7 Å². The van der Waals surface area contributed by atoms with Gasteiger partial charge in [0, 0.05) is 30.9 Å². The van der Waals surface area contributed by atoms with Gasteiger partial charge in [-0.15, -0.1) is 0 Å². The van der Waals surface area contributed by atoms with Crippen LogP contribution in [0.3, 0.4) is 0 Å². The van der Waals surface area contributed by atoms with Crippen LogP contribution in [0.2, 0.25) is 0 Å². The highest BCUT2D eigenvalue weighted by atomic mass is 19.4. The van der Waals surface area contributed by atoms with Gasteiger partial charge in [0.2, 0.25) is 5.89 Å². The number of hydrogen-bond acceptors (Lipinski definition) is 4. The highest BCUT2D eigenvalue weighted by molar-refractivity contribution is 5.98. The fraction of sp³-hybridized carbons (Fsp3) is 0.316. The van der Waals surface area contributed by atoms with Crippen LogP contribution in [0, 0.1) is 6.92 Å². The zero-order valence-electron chi connectivity index (χ0n) is 15.2. The number of aryl methyl sites for hydroxylation is 2. The second kappa shape index (κ2) is 6.50. The molecule has 4 rings (SSSR count). The largest absolute Gasteiger partial charge is 0.444 e. The van der Waals surface area contributed by atoms with E-state index in [1.165, 1.54) is 13.2 Å². The van der Waals surface area contributed by atoms with E-state index in [4.69, 9.17) is 4.42 Å². The fourth-order valence-corrected chi connectivity index (χ4v) is 3.51. The van der Waals surface area contributed by atoms with Crippen molar-refractivity contribution in [3.63, 3.8) is 0 Å². The Kier molecular flexibility index (Phi) is 4.24. The van der Waals surface area contributed by atoms with Gasteiger partial charge >= 0.3 is 6.18 Å². The number of carbonyl (C=O) groups is 1. The molecule has 0 N–H and O–H groups in total. The molecule has 0 saturated heterocycles. The molecule has 1 aromatic carbocycles. The monoisotopic (exact) mass is 390 g/mol. The van der Waals surface area contributed by atoms with Crippen molar-refractivity contribution in [1.29, 1.82) is 0 Å². The van der Waals surface area contributed by atoms with E-state index in [-0.39, 0.29) is 18.0 Å². The van der Waals surface area contributed by atoms with E-state index in [1.807, 2.05) is 0 Å². The van der Waals surface area contributed by atoms with Crippen LogP contribution in [0.5, 0.6) is 0 Å². The van der Waals surface area contributed by atoms with Gasteiger partial charge in [-0.1, -0.05) is 12.1 Å². The number of alkyl halides is 3. The van der Waals surface area contributed by atoms with Gasteiger partial charge in [0.25, 0.3) is 5.91 Å². The average Bonchev–Trinajstić information content (AvgIpc) is 3.22. The molecule has 0 radical (unpaired) electrons. The molecule has 6 nitrogen and oxygen atoms in total. The van der Waals surface area contributed by atoms with Crippen molar-refractivity contribution in [3.05, 3.63) is 59.1 Å². The minimum absolute atomic E-state index is 0.0172. The topological polar surface area (TPSA) is 64.2 Å². The second-order valence-corrected chi connectivity index (χ2v) is 6.74. The summed E-state index contributed by atoms with van der Waals surface area (Å²) in [5, 5.41) is 3.57. The first-order valence-corrected chi connectivity index (χ1v) is 8.67. The number of benzene rings is 1. The molecule has 3 heterocycles. The summed E-state index contributed by atoms with van der Waals surface area (Å²) in [5.74, 6) is 0.826. The predicted octanol–water partition coefficient (Wildman–Crippen LogP) is 3.60. The third kappa shape index (κ3) is 3.17. The SMILES string of the molecule is Cc1cnc(CN2CCc3c(cccc3-c3cn(C)nc3C(F)(F)F)C2=O)o1. The van der Waals surface area contributed by atoms with Crippen LogP contribution in [0.25, 0.3) is 11.1 Å². The maximum atomic E-state index is 13.4. The number of amides is 1. The van der Waals surface area contributed by atoms with Crippen LogP contribution in [-0.4, -0.2) is 32.1 Å². The second-order valence-electron chi connectivity index (χ2n) is 6.74. The quantitative estimate of drug-likeness (QED) is 0.686. The Morgan fingerprint density at radius 3 is 2.64 bits per heavy atom. The van der Waals surface area contributed by atoms with Crippen LogP contribution in [0.4, 0.5) is 13.2 Å². The summed E-state index contributed by atoms with van der Waals surface area (Å²) in [6.45, 7) is 2.35. The van der Waals surface area contributed by atoms with Crippen molar-refractivity contribution in [2.75, 3.05) is 6.54 Å². The molecule has 1 aliphatic heterocycles. The first kappa shape index (κ1) is 18.3. The van der Waals surface area contributed by atoms with Crippen molar-refractivity contribution in [2.24, 2.45) is 7.05 Å². The summed E-state index contributed by atoms with van der Waals surface area (Å²) in [6, 6.07) is 4.83. The number of aromatic nitrogens is 3. The molecule has 0 aliphatic carbocycles. The lowest BCUT2D eigenvalue weighted by Gasteiger charge is -2.29. The van der Waals surface area contributed by atoms with Crippen LogP contribution in [0.15, 0.2) is 35.0 Å². The smallest absolute Gasteiger partial charge is 0.435 e. The summed E-state index contributed by atoms with van der Waals surface area (Å²) in [7, 11) is 1.44. The molecule has 0 atom stereocenters. The van der Waals surface area contributed by atoms with E-state index in [2.05, 4.69) is 10.1 Å². The molecule has 0 saturated carbocycles. The van der Waals surface area contributed by atoms with E-state index in [1.54, 1.807) is 36.2 Å². The first-order chi connectivity index (χ1) is 13.2. The number of hydrogen-bond donors (Lipinski definition) is 0. The van der Waals surface area contributed by atoms with E-state index in [9.17, 15) is 18.0 Å². The Labute approximate surface area is 158 Å². The first-order valence-electron chi connectivity index (χ1n) is 8.67. The summed E-state index contributed by atoms with van der Waals surface area (Å²) < 4.78 is 46.8. The van der Waals surface area contributed by atoms with Crippen molar-refractivity contribution in [3.8, 4) is 11.1 Å². The molecule has 28 heavy (non-hydrogen) atoms. The Morgan fingerprint density at radius 1 is 1.21 bits per heavy atom. The maximum absolute atomic E-state index is 13.4. The summed E-state index contributed by atoms with van der Waals surface area (Å²) in [6.07, 6.45) is -1.22. The van der Waals surface area contributed by atoms with Gasteiger partial charge in [0.15, 0.2) is 5.69 Å². The molecule has 3 aromatic rings. The van der Waals surface area contributed by atoms with E-state index < -0.39 is 11.9 Å². The van der Waals surface area contributed by atoms with Crippen molar-refractivity contribution in [1.82, 2.24) is 19.7 Å². The van der Waals surface area contributed by atoms with Gasteiger partial charge in [-0.3, -0.25) is 9.48 Å². The number of halogens is 3. The zero-order chi connectivity index (χ0) is 20.1. The third-order valence-corrected chi connectivity index (χ3v) is 4.71. The van der Waals surface area contributed by atoms with Gasteiger partial charge in [-0.05, 0) is 30.5 Å². The highest BCUT2D eigenvalue weighted by Crippen LogP contribution is 2.39. The van der Waals surface area contributed by atoms with E-state index >= 15 is 0 Å². The minimum atomic E-state index is -4.58. The van der Waals surface area contributed by atoms with Crippen molar-refractivity contribution < 1.29 is 22.4 Å². The lowest BCUT2D eigenvalue weighted by Crippen LogP contribution is -2.37. The van der Waals surface area contributed by atoms with Gasteiger partial charge in [0.1, 0.15) is 5.76 Å². The Hall–Kier alpha value is -3.10. The van der Waals surface area contributed by atoms with Crippen molar-refractivity contribution in [2.45, 2.75) is 26.1 Å². The zero-order valence-corrected chi connectivity index (χ0v) is 15.2. The predicted molar refractivity (Wildman–Crippen MR) is 93.3 cm³/mol. The molecular weight excluding hydrogens is 373 g/mol. The molecule has 1 aliphatic rings. The number of oxazole rings is 1. The standard InChI is InChI=1S/C19H17F3N4O2/c1-11-8-23-16(28-11)10-26-7-6-13-12(4-3-5-14(13)18(26)27)15-9-25(2)24-17(15)19(20,21)22/h3-5,8-9H,6-7,10H2,1-2H3. The fourth-order valence-electron chi connectivity index (χ4n) is 3.51. The lowest BCUT2D eigenvalue weighted by molar-refractivity contribution is -0.140. The molecule has 146 valence electrons. The third-order valence-electron chi connectivity index (χ3n) is 4.71. The van der Waals surface area contributed by atoms with Crippen LogP contribution in [-0.2, 0) is 26.2 Å².